The molecule has 0 saturated carbocycles. The van der Waals surface area contributed by atoms with E-state index in [2.05, 4.69) is 9.97 Å². The van der Waals surface area contributed by atoms with Crippen LogP contribution in [0.5, 0.6) is 0 Å². The molecule has 0 spiro atoms. The SMILES string of the molecule is CCCN(CC(=O)O)C(=O)c1cnc(-c2ccccn2)s1. The molecule has 0 unspecified atom stereocenters. The van der Waals surface area contributed by atoms with E-state index in [-0.39, 0.29) is 12.5 Å². The van der Waals surface area contributed by atoms with Crippen molar-refractivity contribution in [1.29, 1.82) is 0 Å². The maximum atomic E-state index is 12.3. The fourth-order valence-corrected chi connectivity index (χ4v) is 2.68. The highest BCUT2D eigenvalue weighted by Gasteiger charge is 2.20. The Morgan fingerprint density at radius 1 is 1.33 bits per heavy atom. The van der Waals surface area contributed by atoms with Crippen molar-refractivity contribution in [3.8, 4) is 10.7 Å². The largest absolute Gasteiger partial charge is 0.480 e. The van der Waals surface area contributed by atoms with E-state index in [4.69, 9.17) is 5.11 Å². The van der Waals surface area contributed by atoms with Gasteiger partial charge in [0.15, 0.2) is 0 Å². The van der Waals surface area contributed by atoms with Crippen LogP contribution in [0.3, 0.4) is 0 Å². The normalized spacial score (nSPS) is 10.3. The molecule has 0 bridgehead atoms. The Balaban J connectivity index is 2.19. The first-order valence-electron chi connectivity index (χ1n) is 6.50. The lowest BCUT2D eigenvalue weighted by molar-refractivity contribution is -0.137. The number of aliphatic carboxylic acids is 1. The fourth-order valence-electron chi connectivity index (χ4n) is 1.82. The van der Waals surface area contributed by atoms with Crippen molar-refractivity contribution in [2.24, 2.45) is 0 Å². The molecule has 0 radical (unpaired) electrons. The number of rotatable bonds is 6. The van der Waals surface area contributed by atoms with E-state index in [1.54, 1.807) is 12.3 Å². The standard InChI is InChI=1S/C14H15N3O3S/c1-2-7-17(9-12(18)19)14(20)11-8-16-13(21-11)10-5-3-4-6-15-10/h3-6,8H,2,7,9H2,1H3,(H,18,19). The van der Waals surface area contributed by atoms with Crippen LogP contribution in [0.2, 0.25) is 0 Å². The Morgan fingerprint density at radius 2 is 2.14 bits per heavy atom. The van der Waals surface area contributed by atoms with Crippen molar-refractivity contribution >= 4 is 23.2 Å². The summed E-state index contributed by atoms with van der Waals surface area (Å²) in [6, 6.07) is 5.46. The number of thiazole rings is 1. The quantitative estimate of drug-likeness (QED) is 0.884. The van der Waals surface area contributed by atoms with Crippen molar-refractivity contribution in [1.82, 2.24) is 14.9 Å². The summed E-state index contributed by atoms with van der Waals surface area (Å²) in [5, 5.41) is 9.52. The first kappa shape index (κ1) is 15.1. The molecule has 0 saturated heterocycles. The zero-order valence-corrected chi connectivity index (χ0v) is 12.3. The van der Waals surface area contributed by atoms with Gasteiger partial charge in [-0.2, -0.15) is 0 Å². The van der Waals surface area contributed by atoms with Gasteiger partial charge >= 0.3 is 5.97 Å². The zero-order chi connectivity index (χ0) is 15.2. The highest BCUT2D eigenvalue weighted by Crippen LogP contribution is 2.24. The Labute approximate surface area is 126 Å². The number of hydrogen-bond acceptors (Lipinski definition) is 5. The van der Waals surface area contributed by atoms with Gasteiger partial charge in [0.1, 0.15) is 16.4 Å². The van der Waals surface area contributed by atoms with Gasteiger partial charge in [0.25, 0.3) is 5.91 Å². The molecular weight excluding hydrogens is 290 g/mol. The van der Waals surface area contributed by atoms with Gasteiger partial charge in [0.2, 0.25) is 0 Å². The van der Waals surface area contributed by atoms with Gasteiger partial charge in [-0.05, 0) is 18.6 Å². The average Bonchev–Trinajstić information content (AvgIpc) is 2.96. The van der Waals surface area contributed by atoms with Crippen molar-refractivity contribution in [3.05, 3.63) is 35.5 Å². The Morgan fingerprint density at radius 3 is 2.76 bits per heavy atom. The predicted octanol–water partition coefficient (Wildman–Crippen LogP) is 2.14. The molecule has 7 heteroatoms. The summed E-state index contributed by atoms with van der Waals surface area (Å²) in [4.78, 5) is 33.3. The molecule has 2 rings (SSSR count). The van der Waals surface area contributed by atoms with Crippen LogP contribution in [0.4, 0.5) is 0 Å². The molecule has 0 aliphatic rings. The van der Waals surface area contributed by atoms with Crippen LogP contribution in [0.1, 0.15) is 23.0 Å². The number of hydrogen-bond donors (Lipinski definition) is 1. The molecule has 0 aliphatic carbocycles. The summed E-state index contributed by atoms with van der Waals surface area (Å²) < 4.78 is 0. The fraction of sp³-hybridized carbons (Fsp3) is 0.286. The van der Waals surface area contributed by atoms with E-state index in [9.17, 15) is 9.59 Å². The number of carboxylic acids is 1. The van der Waals surface area contributed by atoms with Crippen LogP contribution < -0.4 is 0 Å². The summed E-state index contributed by atoms with van der Waals surface area (Å²) in [6.45, 7) is 2.00. The molecule has 1 amide bonds. The topological polar surface area (TPSA) is 83.4 Å². The molecule has 0 aromatic carbocycles. The van der Waals surface area contributed by atoms with Gasteiger partial charge in [0, 0.05) is 12.7 Å². The number of carboxylic acid groups (broad SMARTS) is 1. The van der Waals surface area contributed by atoms with Crippen LogP contribution in [-0.4, -0.2) is 44.9 Å². The third-order valence-corrected chi connectivity index (χ3v) is 3.72. The second-order valence-corrected chi connectivity index (χ2v) is 5.40. The van der Waals surface area contributed by atoms with Crippen molar-refractivity contribution in [2.75, 3.05) is 13.1 Å². The number of aromatic nitrogens is 2. The van der Waals surface area contributed by atoms with Gasteiger partial charge in [-0.15, -0.1) is 11.3 Å². The van der Waals surface area contributed by atoms with Gasteiger partial charge in [-0.1, -0.05) is 13.0 Å². The maximum absolute atomic E-state index is 12.3. The van der Waals surface area contributed by atoms with Crippen LogP contribution >= 0.6 is 11.3 Å². The monoisotopic (exact) mass is 305 g/mol. The molecular formula is C14H15N3O3S. The summed E-state index contributed by atoms with van der Waals surface area (Å²) >= 11 is 1.22. The molecule has 0 atom stereocenters. The van der Waals surface area contributed by atoms with Gasteiger partial charge in [0.05, 0.1) is 11.9 Å². The van der Waals surface area contributed by atoms with Gasteiger partial charge in [-0.3, -0.25) is 14.6 Å². The van der Waals surface area contributed by atoms with Crippen LogP contribution in [-0.2, 0) is 4.79 Å². The summed E-state index contributed by atoms with van der Waals surface area (Å²) in [5.74, 6) is -1.33. The molecule has 6 nitrogen and oxygen atoms in total. The van der Waals surface area contributed by atoms with Gasteiger partial charge < -0.3 is 10.0 Å². The maximum Gasteiger partial charge on any atom is 0.323 e. The van der Waals surface area contributed by atoms with E-state index in [0.29, 0.717) is 28.5 Å². The first-order chi connectivity index (χ1) is 10.1. The van der Waals surface area contributed by atoms with E-state index in [1.165, 1.54) is 22.4 Å². The molecule has 21 heavy (non-hydrogen) atoms. The zero-order valence-electron chi connectivity index (χ0n) is 11.5. The van der Waals surface area contributed by atoms with Crippen LogP contribution in [0, 0.1) is 0 Å². The van der Waals surface area contributed by atoms with Crippen molar-refractivity contribution in [2.45, 2.75) is 13.3 Å². The highest BCUT2D eigenvalue weighted by molar-refractivity contribution is 7.16. The number of nitrogens with zero attached hydrogens (tertiary/aromatic N) is 3. The van der Waals surface area contributed by atoms with E-state index in [1.807, 2.05) is 19.1 Å². The number of amides is 1. The van der Waals surface area contributed by atoms with Crippen LogP contribution in [0.25, 0.3) is 10.7 Å². The second-order valence-electron chi connectivity index (χ2n) is 4.37. The van der Waals surface area contributed by atoms with Crippen molar-refractivity contribution < 1.29 is 14.7 Å². The lowest BCUT2D eigenvalue weighted by Gasteiger charge is -2.18. The number of carbonyl (C=O) groups excluding carboxylic acids is 1. The first-order valence-corrected chi connectivity index (χ1v) is 7.31. The number of pyridine rings is 1. The van der Waals surface area contributed by atoms with E-state index < -0.39 is 5.97 Å². The predicted molar refractivity (Wildman–Crippen MR) is 79.2 cm³/mol. The minimum Gasteiger partial charge on any atom is -0.480 e. The van der Waals surface area contributed by atoms with E-state index >= 15 is 0 Å². The average molecular weight is 305 g/mol. The third kappa shape index (κ3) is 3.85. The molecule has 1 N–H and O–H groups in total. The molecule has 0 aliphatic heterocycles. The minimum atomic E-state index is -1.02. The second kappa shape index (κ2) is 6.94. The molecule has 2 heterocycles. The Kier molecular flexibility index (Phi) is 4.99. The third-order valence-electron chi connectivity index (χ3n) is 2.71. The molecule has 0 fully saturated rings. The smallest absolute Gasteiger partial charge is 0.323 e. The summed E-state index contributed by atoms with van der Waals surface area (Å²) in [6.07, 6.45) is 3.83. The lowest BCUT2D eigenvalue weighted by atomic mass is 10.3. The van der Waals surface area contributed by atoms with Gasteiger partial charge in [-0.25, -0.2) is 4.98 Å². The van der Waals surface area contributed by atoms with Crippen LogP contribution in [0.15, 0.2) is 30.6 Å². The highest BCUT2D eigenvalue weighted by atomic mass is 32.1. The Bertz CT molecular complexity index is 627. The van der Waals surface area contributed by atoms with E-state index in [0.717, 1.165) is 0 Å². The summed E-state index contributed by atoms with van der Waals surface area (Å²) in [5.41, 5.74) is 0.696. The van der Waals surface area contributed by atoms with Crippen molar-refractivity contribution in [3.63, 3.8) is 0 Å². The molecule has 2 aromatic rings. The molecule has 110 valence electrons. The molecule has 2 aromatic heterocycles. The lowest BCUT2D eigenvalue weighted by Crippen LogP contribution is -2.35. The Hall–Kier alpha value is -2.28. The summed E-state index contributed by atoms with van der Waals surface area (Å²) in [7, 11) is 0. The minimum absolute atomic E-state index is 0.302. The number of carbonyl (C=O) groups is 2.